The van der Waals surface area contributed by atoms with Gasteiger partial charge in [0.2, 0.25) is 0 Å². The molecule has 3 aromatic rings. The fourth-order valence-corrected chi connectivity index (χ4v) is 7.37. The van der Waals surface area contributed by atoms with E-state index in [1.54, 1.807) is 16.7 Å². The van der Waals surface area contributed by atoms with Crippen LogP contribution < -0.4 is 58.4 Å². The number of benzene rings is 3. The summed E-state index contributed by atoms with van der Waals surface area (Å²) in [6.07, 6.45) is 17.0. The van der Waals surface area contributed by atoms with Gasteiger partial charge < -0.3 is 48.0 Å². The van der Waals surface area contributed by atoms with Crippen LogP contribution in [0, 0.1) is 17.8 Å². The molecule has 0 spiro atoms. The Morgan fingerprint density at radius 1 is 0.667 bits per heavy atom. The normalized spacial score (nSPS) is 17.6. The summed E-state index contributed by atoms with van der Waals surface area (Å²) in [6, 6.07) is 27.7. The average Bonchev–Trinajstić information content (AvgIpc) is 3.44. The molecule has 3 aliphatic rings. The van der Waals surface area contributed by atoms with E-state index in [4.69, 9.17) is 0 Å². The Morgan fingerprint density at radius 3 is 1.87 bits per heavy atom. The van der Waals surface area contributed by atoms with Gasteiger partial charge in [-0.1, -0.05) is 137 Å². The molecule has 3 unspecified atom stereocenters. The van der Waals surface area contributed by atoms with E-state index in [2.05, 4.69) is 111 Å². The van der Waals surface area contributed by atoms with Crippen molar-refractivity contribution in [2.24, 2.45) is 17.8 Å². The number of rotatable bonds is 9. The van der Waals surface area contributed by atoms with E-state index in [9.17, 15) is 0 Å². The Hall–Kier alpha value is -0.790. The van der Waals surface area contributed by atoms with Crippen molar-refractivity contribution in [3.05, 3.63) is 119 Å². The number of fused-ring (bicyclic) bond motifs is 5. The summed E-state index contributed by atoms with van der Waals surface area (Å²) >= 11 is 0. The van der Waals surface area contributed by atoms with Crippen molar-refractivity contribution in [1.29, 1.82) is 0 Å². The van der Waals surface area contributed by atoms with Gasteiger partial charge >= 0.3 is 0 Å². The summed E-state index contributed by atoms with van der Waals surface area (Å²) in [6.45, 7) is 4.71. The van der Waals surface area contributed by atoms with Crippen LogP contribution in [-0.2, 0) is 25.8 Å². The van der Waals surface area contributed by atoms with Gasteiger partial charge in [0.05, 0.1) is 0 Å². The minimum absolute atomic E-state index is 0. The first-order valence-corrected chi connectivity index (χ1v) is 14.2. The fraction of sp³-hybridized carbons (Fsp3) is 0.333. The van der Waals surface area contributed by atoms with Crippen molar-refractivity contribution in [1.82, 2.24) is 0 Å². The van der Waals surface area contributed by atoms with Crippen molar-refractivity contribution in [3.8, 4) is 11.1 Å². The van der Waals surface area contributed by atoms with Crippen molar-refractivity contribution in [3.63, 3.8) is 0 Å². The monoisotopic (exact) mass is 904 g/mol. The molecule has 0 saturated heterocycles. The first-order valence-electron chi connectivity index (χ1n) is 14.2. The number of hydrogen-bond acceptors (Lipinski definition) is 0. The molecule has 0 radical (unpaired) electrons. The molecule has 0 aromatic heterocycles. The molecule has 3 atom stereocenters. The molecule has 0 nitrogen and oxygen atoms in total. The van der Waals surface area contributed by atoms with Gasteiger partial charge in [-0.2, -0.15) is 0 Å². The largest absolute Gasteiger partial charge is 1.00 e. The molecule has 0 heterocycles. The molecule has 0 fully saturated rings. The summed E-state index contributed by atoms with van der Waals surface area (Å²) in [5.74, 6) is 2.06. The molecule has 39 heavy (non-hydrogen) atoms. The van der Waals surface area contributed by atoms with Crippen molar-refractivity contribution in [2.45, 2.75) is 58.3 Å². The molecule has 202 valence electrons. The van der Waals surface area contributed by atoms with Crippen LogP contribution in [0.2, 0.25) is 0 Å². The van der Waals surface area contributed by atoms with Gasteiger partial charge in [-0.05, 0) is 68.5 Å². The van der Waals surface area contributed by atoms with Gasteiger partial charge in [-0.25, -0.2) is 0 Å². The van der Waals surface area contributed by atoms with Crippen LogP contribution in [0.4, 0.5) is 0 Å². The Labute approximate surface area is 288 Å². The average molecular weight is 903 g/mol. The van der Waals surface area contributed by atoms with E-state index in [-0.39, 0.29) is 73.8 Å². The third-order valence-electron chi connectivity index (χ3n) is 8.90. The summed E-state index contributed by atoms with van der Waals surface area (Å²) in [5.41, 5.74) is 9.22. The van der Waals surface area contributed by atoms with Gasteiger partial charge in [-0.3, -0.25) is 0 Å². The van der Waals surface area contributed by atoms with Crippen LogP contribution in [0.25, 0.3) is 22.3 Å². The van der Waals surface area contributed by atoms with Crippen LogP contribution in [0.15, 0.2) is 97.1 Å². The summed E-state index contributed by atoms with van der Waals surface area (Å²) in [7, 11) is 0. The zero-order valence-electron chi connectivity index (χ0n) is 23.0. The minimum atomic E-state index is 0. The standard InChI is InChI=1S/C36H38.Hf.2HI/c1-3-5-15-33(35-29-21-11-7-17-25(29)26-18-8-12-22-30(26)35)34(16-6-4-2)36-31-23-13-9-19-27(31)28-20-10-14-24-32(28)36;;;/h7-14,17-24,29,33-34,36H,3-6,15-16H2,1-2H3;;2*1H/p-2. The second kappa shape index (κ2) is 14.9. The second-order valence-electron chi connectivity index (χ2n) is 10.9. The Balaban J connectivity index is 0.00000140. The van der Waals surface area contributed by atoms with E-state index < -0.39 is 0 Å². The van der Waals surface area contributed by atoms with E-state index >= 15 is 0 Å². The molecular formula is C36H38HfI2-2. The Morgan fingerprint density at radius 2 is 1.23 bits per heavy atom. The van der Waals surface area contributed by atoms with Crippen molar-refractivity contribution < 1.29 is 73.8 Å². The van der Waals surface area contributed by atoms with Gasteiger partial charge in [0.25, 0.3) is 0 Å². The number of halogens is 2. The van der Waals surface area contributed by atoms with Crippen LogP contribution >= 0.6 is 0 Å². The predicted octanol–water partition coefficient (Wildman–Crippen LogP) is 2.17. The molecule has 0 aliphatic heterocycles. The molecule has 0 N–H and O–H groups in total. The number of hydrogen-bond donors (Lipinski definition) is 0. The summed E-state index contributed by atoms with van der Waals surface area (Å²) < 4.78 is 0. The van der Waals surface area contributed by atoms with Crippen molar-refractivity contribution >= 4 is 11.1 Å². The third kappa shape index (κ3) is 6.07. The van der Waals surface area contributed by atoms with Crippen LogP contribution in [0.1, 0.15) is 69.4 Å². The number of allylic oxidation sites excluding steroid dienone is 4. The molecule has 0 saturated carbocycles. The predicted molar refractivity (Wildman–Crippen MR) is 154 cm³/mol. The van der Waals surface area contributed by atoms with Crippen molar-refractivity contribution in [2.75, 3.05) is 0 Å². The smallest absolute Gasteiger partial charge is 0.0249 e. The molecule has 0 amide bonds. The van der Waals surface area contributed by atoms with Gasteiger partial charge in [0.1, 0.15) is 0 Å². The molecule has 3 heteroatoms. The first-order chi connectivity index (χ1) is 17.8. The topological polar surface area (TPSA) is 0 Å². The Kier molecular flexibility index (Phi) is 12.5. The maximum atomic E-state index is 2.47. The summed E-state index contributed by atoms with van der Waals surface area (Å²) in [5, 5.41) is 2.97. The third-order valence-corrected chi connectivity index (χ3v) is 8.90. The Bertz CT molecular complexity index is 1410. The number of unbranched alkanes of at least 4 members (excludes halogenated alkanes) is 2. The van der Waals surface area contributed by atoms with E-state index in [1.807, 2.05) is 0 Å². The maximum absolute atomic E-state index is 2.47. The zero-order valence-corrected chi connectivity index (χ0v) is 31.0. The minimum Gasteiger partial charge on any atom is -1.00 e. The van der Waals surface area contributed by atoms with Crippen LogP contribution in [0.5, 0.6) is 0 Å². The second-order valence-corrected chi connectivity index (χ2v) is 10.9. The molecule has 3 aliphatic carbocycles. The van der Waals surface area contributed by atoms with E-state index in [0.29, 0.717) is 23.7 Å². The maximum Gasteiger partial charge on any atom is 0.0249 e. The van der Waals surface area contributed by atoms with Crippen LogP contribution in [-0.4, -0.2) is 0 Å². The first kappa shape index (κ1) is 32.7. The van der Waals surface area contributed by atoms with E-state index in [0.717, 1.165) is 0 Å². The molecular weight excluding hydrogens is 865 g/mol. The van der Waals surface area contributed by atoms with Gasteiger partial charge in [0, 0.05) is 37.7 Å². The molecule has 6 rings (SSSR count). The molecule has 0 bridgehead atoms. The zero-order chi connectivity index (χ0) is 24.5. The quantitative estimate of drug-likeness (QED) is 0.229. The van der Waals surface area contributed by atoms with E-state index in [1.165, 1.54) is 65.7 Å². The SMILES string of the molecule is CCCCC(C1=c2ccccc2=C2C=CC=CC21)C(CCCC)C1c2ccccc2-c2ccccc21.[Hf].[I-].[I-]. The van der Waals surface area contributed by atoms with Gasteiger partial charge in [0.15, 0.2) is 0 Å². The molecule has 3 aromatic carbocycles. The summed E-state index contributed by atoms with van der Waals surface area (Å²) in [4.78, 5) is 0. The van der Waals surface area contributed by atoms with Crippen LogP contribution in [0.3, 0.4) is 0 Å². The van der Waals surface area contributed by atoms with Gasteiger partial charge in [-0.15, -0.1) is 0 Å². The fourth-order valence-electron chi connectivity index (χ4n) is 7.37.